The van der Waals surface area contributed by atoms with Crippen molar-refractivity contribution in [2.45, 2.75) is 45.2 Å². The molecule has 2 fully saturated rings. The lowest BCUT2D eigenvalue weighted by Crippen LogP contribution is -2.43. The standard InChI is InChI=1S/C14H23N5O/c1-9-3-4-12(10(2)5-9)16-14(20)13-8-19(18-17-13)11-6-15-7-11/h8-12,15H,3-7H2,1-2H3,(H,16,20). The Labute approximate surface area is 119 Å². The summed E-state index contributed by atoms with van der Waals surface area (Å²) in [6, 6.07) is 0.618. The summed E-state index contributed by atoms with van der Waals surface area (Å²) < 4.78 is 1.79. The van der Waals surface area contributed by atoms with Crippen LogP contribution in [0.3, 0.4) is 0 Å². The van der Waals surface area contributed by atoms with Crippen molar-refractivity contribution in [1.82, 2.24) is 25.6 Å². The van der Waals surface area contributed by atoms with Crippen LogP contribution in [0.5, 0.6) is 0 Å². The number of amides is 1. The second-order valence-corrected chi connectivity index (χ2v) is 6.37. The smallest absolute Gasteiger partial charge is 0.273 e. The maximum absolute atomic E-state index is 12.2. The van der Waals surface area contributed by atoms with E-state index in [4.69, 9.17) is 0 Å². The Balaban J connectivity index is 1.59. The van der Waals surface area contributed by atoms with Crippen LogP contribution in [0.25, 0.3) is 0 Å². The average molecular weight is 277 g/mol. The molecule has 6 heteroatoms. The molecule has 1 saturated heterocycles. The Kier molecular flexibility index (Phi) is 3.74. The molecule has 2 N–H and O–H groups in total. The van der Waals surface area contributed by atoms with Gasteiger partial charge >= 0.3 is 0 Å². The summed E-state index contributed by atoms with van der Waals surface area (Å²) in [5.74, 6) is 1.22. The molecule has 1 saturated carbocycles. The van der Waals surface area contributed by atoms with Crippen molar-refractivity contribution in [3.05, 3.63) is 11.9 Å². The van der Waals surface area contributed by atoms with Gasteiger partial charge in [0.15, 0.2) is 5.69 Å². The van der Waals surface area contributed by atoms with E-state index in [1.807, 2.05) is 0 Å². The van der Waals surface area contributed by atoms with Crippen LogP contribution in [-0.2, 0) is 0 Å². The van der Waals surface area contributed by atoms with E-state index < -0.39 is 0 Å². The van der Waals surface area contributed by atoms with Crippen LogP contribution < -0.4 is 10.6 Å². The molecular formula is C14H23N5O. The number of hydrogen-bond acceptors (Lipinski definition) is 4. The topological polar surface area (TPSA) is 71.8 Å². The molecule has 1 amide bonds. The van der Waals surface area contributed by atoms with Gasteiger partial charge in [0.05, 0.1) is 12.2 Å². The van der Waals surface area contributed by atoms with Crippen molar-refractivity contribution in [3.8, 4) is 0 Å². The number of aromatic nitrogens is 3. The van der Waals surface area contributed by atoms with Gasteiger partial charge < -0.3 is 10.6 Å². The number of nitrogens with one attached hydrogen (secondary N) is 2. The average Bonchev–Trinajstić information content (AvgIpc) is 2.80. The predicted octanol–water partition coefficient (Wildman–Crippen LogP) is 0.977. The summed E-state index contributed by atoms with van der Waals surface area (Å²) in [4.78, 5) is 12.2. The van der Waals surface area contributed by atoms with Crippen molar-refractivity contribution in [2.75, 3.05) is 13.1 Å². The van der Waals surface area contributed by atoms with E-state index in [1.54, 1.807) is 10.9 Å². The third kappa shape index (κ3) is 2.70. The predicted molar refractivity (Wildman–Crippen MR) is 75.4 cm³/mol. The van der Waals surface area contributed by atoms with Gasteiger partial charge in [0.2, 0.25) is 0 Å². The number of rotatable bonds is 3. The Morgan fingerprint density at radius 1 is 1.40 bits per heavy atom. The fourth-order valence-corrected chi connectivity index (χ4v) is 3.14. The molecule has 0 spiro atoms. The Morgan fingerprint density at radius 2 is 2.20 bits per heavy atom. The molecule has 1 aliphatic heterocycles. The van der Waals surface area contributed by atoms with Gasteiger partial charge in [-0.15, -0.1) is 5.10 Å². The molecule has 1 aliphatic carbocycles. The summed E-state index contributed by atoms with van der Waals surface area (Å²) in [5, 5.41) is 14.4. The minimum Gasteiger partial charge on any atom is -0.348 e. The fraction of sp³-hybridized carbons (Fsp3) is 0.786. The lowest BCUT2D eigenvalue weighted by molar-refractivity contribution is 0.0894. The molecule has 0 bridgehead atoms. The largest absolute Gasteiger partial charge is 0.348 e. The van der Waals surface area contributed by atoms with Gasteiger partial charge in [0, 0.05) is 19.1 Å². The summed E-state index contributed by atoms with van der Waals surface area (Å²) in [6.07, 6.45) is 5.20. The van der Waals surface area contributed by atoms with E-state index >= 15 is 0 Å². The van der Waals surface area contributed by atoms with Crippen molar-refractivity contribution in [3.63, 3.8) is 0 Å². The van der Waals surface area contributed by atoms with Crippen LogP contribution in [0.1, 0.15) is 49.6 Å². The molecule has 0 aromatic carbocycles. The summed E-state index contributed by atoms with van der Waals surface area (Å²) >= 11 is 0. The fourth-order valence-electron chi connectivity index (χ4n) is 3.14. The van der Waals surface area contributed by atoms with Crippen molar-refractivity contribution >= 4 is 5.91 Å². The number of carbonyl (C=O) groups is 1. The minimum absolute atomic E-state index is 0.0880. The highest BCUT2D eigenvalue weighted by Gasteiger charge is 2.28. The normalized spacial score (nSPS) is 30.8. The molecule has 3 rings (SSSR count). The van der Waals surface area contributed by atoms with Gasteiger partial charge in [-0.05, 0) is 31.1 Å². The van der Waals surface area contributed by atoms with E-state index in [0.717, 1.165) is 25.4 Å². The first-order chi connectivity index (χ1) is 9.63. The number of nitrogens with zero attached hydrogens (tertiary/aromatic N) is 3. The maximum atomic E-state index is 12.2. The van der Waals surface area contributed by atoms with E-state index in [9.17, 15) is 4.79 Å². The van der Waals surface area contributed by atoms with Gasteiger partial charge in [0.1, 0.15) is 0 Å². The zero-order valence-corrected chi connectivity index (χ0v) is 12.2. The second kappa shape index (κ2) is 5.52. The van der Waals surface area contributed by atoms with E-state index in [0.29, 0.717) is 17.7 Å². The molecular weight excluding hydrogens is 254 g/mol. The molecule has 20 heavy (non-hydrogen) atoms. The van der Waals surface area contributed by atoms with Gasteiger partial charge in [-0.1, -0.05) is 19.1 Å². The Bertz CT molecular complexity index is 482. The van der Waals surface area contributed by atoms with Crippen LogP contribution in [0.2, 0.25) is 0 Å². The van der Waals surface area contributed by atoms with Gasteiger partial charge in [-0.25, -0.2) is 4.68 Å². The third-order valence-electron chi connectivity index (χ3n) is 4.62. The molecule has 1 aromatic heterocycles. The first kappa shape index (κ1) is 13.5. The first-order valence-corrected chi connectivity index (χ1v) is 7.57. The lowest BCUT2D eigenvalue weighted by Gasteiger charge is -2.32. The summed E-state index contributed by atoms with van der Waals surface area (Å²) in [5.41, 5.74) is 0.433. The monoisotopic (exact) mass is 277 g/mol. The number of hydrogen-bond donors (Lipinski definition) is 2. The highest BCUT2D eigenvalue weighted by atomic mass is 16.2. The third-order valence-corrected chi connectivity index (χ3v) is 4.62. The summed E-state index contributed by atoms with van der Waals surface area (Å²) in [7, 11) is 0. The molecule has 2 heterocycles. The molecule has 2 aliphatic rings. The second-order valence-electron chi connectivity index (χ2n) is 6.37. The van der Waals surface area contributed by atoms with Crippen LogP contribution in [0.15, 0.2) is 6.20 Å². The van der Waals surface area contributed by atoms with Crippen molar-refractivity contribution < 1.29 is 4.79 Å². The lowest BCUT2D eigenvalue weighted by atomic mass is 9.80. The highest BCUT2D eigenvalue weighted by Crippen LogP contribution is 2.28. The van der Waals surface area contributed by atoms with Crippen molar-refractivity contribution in [1.29, 1.82) is 0 Å². The zero-order chi connectivity index (χ0) is 14.1. The van der Waals surface area contributed by atoms with Crippen LogP contribution in [-0.4, -0.2) is 40.0 Å². The minimum atomic E-state index is -0.0880. The first-order valence-electron chi connectivity index (χ1n) is 7.57. The maximum Gasteiger partial charge on any atom is 0.273 e. The van der Waals surface area contributed by atoms with E-state index in [1.165, 1.54) is 12.8 Å². The SMILES string of the molecule is CC1CCC(NC(=O)c2cn(C3CNC3)nn2)C(C)C1. The van der Waals surface area contributed by atoms with Crippen LogP contribution in [0.4, 0.5) is 0 Å². The molecule has 110 valence electrons. The van der Waals surface area contributed by atoms with Crippen LogP contribution in [0, 0.1) is 11.8 Å². The van der Waals surface area contributed by atoms with Gasteiger partial charge in [0.25, 0.3) is 5.91 Å². The zero-order valence-electron chi connectivity index (χ0n) is 12.2. The molecule has 0 radical (unpaired) electrons. The quantitative estimate of drug-likeness (QED) is 0.864. The van der Waals surface area contributed by atoms with Gasteiger partial charge in [-0.2, -0.15) is 0 Å². The molecule has 3 atom stereocenters. The Hall–Kier alpha value is -1.43. The molecule has 1 aromatic rings. The molecule has 3 unspecified atom stereocenters. The number of carbonyl (C=O) groups excluding carboxylic acids is 1. The Morgan fingerprint density at radius 3 is 2.85 bits per heavy atom. The van der Waals surface area contributed by atoms with Gasteiger partial charge in [-0.3, -0.25) is 4.79 Å². The van der Waals surface area contributed by atoms with E-state index in [2.05, 4.69) is 34.8 Å². The van der Waals surface area contributed by atoms with Crippen molar-refractivity contribution in [2.24, 2.45) is 11.8 Å². The highest BCUT2D eigenvalue weighted by molar-refractivity contribution is 5.92. The summed E-state index contributed by atoms with van der Waals surface area (Å²) in [6.45, 7) is 6.31. The van der Waals surface area contributed by atoms with Crippen LogP contribution >= 0.6 is 0 Å². The van der Waals surface area contributed by atoms with E-state index in [-0.39, 0.29) is 11.9 Å². The molecule has 6 nitrogen and oxygen atoms in total.